The number of halogens is 2. The van der Waals surface area contributed by atoms with Crippen molar-refractivity contribution in [2.24, 2.45) is 0 Å². The van der Waals surface area contributed by atoms with Crippen LogP contribution in [0.3, 0.4) is 0 Å². The van der Waals surface area contributed by atoms with Gasteiger partial charge in [0.15, 0.2) is 0 Å². The SMILES string of the molecule is C[C@H]1CC(=O)Nc2ccccc2N1C(=O)CN(C)CC(=O)Nc1c(Cl)cccc1Cl. The Labute approximate surface area is 184 Å². The molecule has 30 heavy (non-hydrogen) atoms. The number of nitrogens with zero attached hydrogens (tertiary/aromatic N) is 2. The Hall–Kier alpha value is -2.61. The monoisotopic (exact) mass is 448 g/mol. The molecule has 2 aromatic rings. The van der Waals surface area contributed by atoms with Gasteiger partial charge in [-0.25, -0.2) is 0 Å². The zero-order valence-corrected chi connectivity index (χ0v) is 18.1. The number of fused-ring (bicyclic) bond motifs is 1. The van der Waals surface area contributed by atoms with Crippen LogP contribution in [0, 0.1) is 0 Å². The molecule has 158 valence electrons. The van der Waals surface area contributed by atoms with Gasteiger partial charge in [0.25, 0.3) is 0 Å². The first kappa shape index (κ1) is 22.1. The van der Waals surface area contributed by atoms with Crippen molar-refractivity contribution >= 4 is 58.0 Å². The summed E-state index contributed by atoms with van der Waals surface area (Å²) in [6.07, 6.45) is 0.190. The van der Waals surface area contributed by atoms with Gasteiger partial charge in [-0.15, -0.1) is 0 Å². The quantitative estimate of drug-likeness (QED) is 0.731. The average molecular weight is 449 g/mol. The lowest BCUT2D eigenvalue weighted by molar-refractivity contribution is -0.121. The van der Waals surface area contributed by atoms with Gasteiger partial charge < -0.3 is 15.5 Å². The summed E-state index contributed by atoms with van der Waals surface area (Å²) in [7, 11) is 1.67. The van der Waals surface area contributed by atoms with Crippen LogP contribution in [0.5, 0.6) is 0 Å². The molecule has 0 bridgehead atoms. The van der Waals surface area contributed by atoms with E-state index in [2.05, 4.69) is 10.6 Å². The Balaban J connectivity index is 1.68. The van der Waals surface area contributed by atoms with E-state index < -0.39 is 0 Å². The molecule has 0 aromatic heterocycles. The lowest BCUT2D eigenvalue weighted by Crippen LogP contribution is -2.45. The van der Waals surface area contributed by atoms with Gasteiger partial charge in [0, 0.05) is 12.5 Å². The summed E-state index contributed by atoms with van der Waals surface area (Å²) in [4.78, 5) is 40.7. The van der Waals surface area contributed by atoms with E-state index in [1.54, 1.807) is 53.2 Å². The molecule has 2 N–H and O–H groups in total. The molecule has 0 unspecified atom stereocenters. The van der Waals surface area contributed by atoms with Crippen LogP contribution in [0.1, 0.15) is 13.3 Å². The van der Waals surface area contributed by atoms with Crippen LogP contribution in [-0.4, -0.2) is 48.8 Å². The van der Waals surface area contributed by atoms with Crippen molar-refractivity contribution in [2.75, 3.05) is 35.7 Å². The van der Waals surface area contributed by atoms with Gasteiger partial charge in [-0.1, -0.05) is 41.4 Å². The molecular formula is C21H22Cl2N4O3. The minimum Gasteiger partial charge on any atom is -0.324 e. The van der Waals surface area contributed by atoms with E-state index in [1.807, 2.05) is 13.0 Å². The number of rotatable bonds is 5. The van der Waals surface area contributed by atoms with Crippen LogP contribution in [0.2, 0.25) is 10.0 Å². The number of anilines is 3. The normalized spacial score (nSPS) is 16.0. The van der Waals surface area contributed by atoms with E-state index in [1.165, 1.54) is 0 Å². The summed E-state index contributed by atoms with van der Waals surface area (Å²) in [5, 5.41) is 6.17. The predicted molar refractivity (Wildman–Crippen MR) is 119 cm³/mol. The maximum absolute atomic E-state index is 13.1. The minimum absolute atomic E-state index is 0.00343. The summed E-state index contributed by atoms with van der Waals surface area (Å²) in [5.41, 5.74) is 1.57. The second-order valence-electron chi connectivity index (χ2n) is 7.20. The Morgan fingerprint density at radius 3 is 2.50 bits per heavy atom. The highest BCUT2D eigenvalue weighted by atomic mass is 35.5. The van der Waals surface area contributed by atoms with Crippen LogP contribution in [0.15, 0.2) is 42.5 Å². The molecule has 0 spiro atoms. The molecular weight excluding hydrogens is 427 g/mol. The van der Waals surface area contributed by atoms with Gasteiger partial charge in [-0.3, -0.25) is 19.3 Å². The van der Waals surface area contributed by atoms with Gasteiger partial charge in [0.1, 0.15) is 0 Å². The number of nitrogens with one attached hydrogen (secondary N) is 2. The van der Waals surface area contributed by atoms with Gasteiger partial charge >= 0.3 is 0 Å². The Bertz CT molecular complexity index is 962. The van der Waals surface area contributed by atoms with Gasteiger partial charge in [-0.2, -0.15) is 0 Å². The van der Waals surface area contributed by atoms with E-state index in [0.29, 0.717) is 27.1 Å². The number of likely N-dealkylation sites (N-methyl/N-ethyl adjacent to an activating group) is 1. The first-order valence-corrected chi connectivity index (χ1v) is 10.1. The Kier molecular flexibility index (Phi) is 6.97. The molecule has 0 fully saturated rings. The topological polar surface area (TPSA) is 81.8 Å². The Morgan fingerprint density at radius 2 is 1.80 bits per heavy atom. The second kappa shape index (κ2) is 9.47. The van der Waals surface area contributed by atoms with Gasteiger partial charge in [0.2, 0.25) is 17.7 Å². The van der Waals surface area contributed by atoms with Crippen LogP contribution >= 0.6 is 23.2 Å². The minimum atomic E-state index is -0.346. The third-order valence-electron chi connectivity index (χ3n) is 4.67. The fraction of sp³-hybridized carbons (Fsp3) is 0.286. The number of hydrogen-bond acceptors (Lipinski definition) is 4. The van der Waals surface area contributed by atoms with Crippen molar-refractivity contribution in [1.82, 2.24) is 4.90 Å². The second-order valence-corrected chi connectivity index (χ2v) is 8.01. The average Bonchev–Trinajstić information content (AvgIpc) is 2.78. The standard InChI is InChI=1S/C21H22Cl2N4O3/c1-13-10-18(28)24-16-8-3-4-9-17(16)27(13)20(30)12-26(2)11-19(29)25-21-14(22)6-5-7-15(21)23/h3-9,13H,10-12H2,1-2H3,(H,24,28)(H,25,29)/t13-/m0/s1. The maximum atomic E-state index is 13.1. The number of amides is 3. The van der Waals surface area contributed by atoms with Crippen LogP contribution in [0.4, 0.5) is 17.1 Å². The Morgan fingerprint density at radius 1 is 1.13 bits per heavy atom. The number of hydrogen-bond donors (Lipinski definition) is 2. The van der Waals surface area contributed by atoms with Gasteiger partial charge in [0.05, 0.1) is 40.2 Å². The van der Waals surface area contributed by atoms with E-state index >= 15 is 0 Å². The largest absolute Gasteiger partial charge is 0.324 e. The smallest absolute Gasteiger partial charge is 0.241 e. The van der Waals surface area contributed by atoms with Crippen LogP contribution < -0.4 is 15.5 Å². The predicted octanol–water partition coefficient (Wildman–Crippen LogP) is 3.63. The van der Waals surface area contributed by atoms with E-state index in [4.69, 9.17) is 23.2 Å². The molecule has 1 atom stereocenters. The molecule has 1 aliphatic heterocycles. The van der Waals surface area contributed by atoms with Crippen molar-refractivity contribution in [2.45, 2.75) is 19.4 Å². The van der Waals surface area contributed by atoms with Gasteiger partial charge in [-0.05, 0) is 38.2 Å². The van der Waals surface area contributed by atoms with E-state index in [-0.39, 0.29) is 43.3 Å². The zero-order chi connectivity index (χ0) is 21.8. The molecule has 1 aliphatic rings. The summed E-state index contributed by atoms with van der Waals surface area (Å²) in [6.45, 7) is 1.79. The highest BCUT2D eigenvalue weighted by Crippen LogP contribution is 2.31. The summed E-state index contributed by atoms with van der Waals surface area (Å²) < 4.78 is 0. The van der Waals surface area contributed by atoms with Crippen molar-refractivity contribution in [3.63, 3.8) is 0 Å². The molecule has 0 saturated carbocycles. The fourth-order valence-corrected chi connectivity index (χ4v) is 3.86. The molecule has 0 aliphatic carbocycles. The lowest BCUT2D eigenvalue weighted by atomic mass is 10.1. The summed E-state index contributed by atoms with van der Waals surface area (Å²) in [5.74, 6) is -0.700. The van der Waals surface area contributed by atoms with Crippen LogP contribution in [0.25, 0.3) is 0 Å². The maximum Gasteiger partial charge on any atom is 0.241 e. The lowest BCUT2D eigenvalue weighted by Gasteiger charge is -2.29. The van der Waals surface area contributed by atoms with Crippen molar-refractivity contribution in [3.05, 3.63) is 52.5 Å². The first-order chi connectivity index (χ1) is 14.3. The molecule has 0 radical (unpaired) electrons. The number of para-hydroxylation sites is 3. The number of carbonyl (C=O) groups excluding carboxylic acids is 3. The first-order valence-electron chi connectivity index (χ1n) is 9.39. The third kappa shape index (κ3) is 5.11. The highest BCUT2D eigenvalue weighted by Gasteiger charge is 2.30. The molecule has 3 amide bonds. The number of carbonyl (C=O) groups is 3. The summed E-state index contributed by atoms with van der Waals surface area (Å²) in [6, 6.07) is 11.8. The zero-order valence-electron chi connectivity index (χ0n) is 16.6. The van der Waals surface area contributed by atoms with Crippen molar-refractivity contribution in [3.8, 4) is 0 Å². The van der Waals surface area contributed by atoms with Crippen molar-refractivity contribution < 1.29 is 14.4 Å². The summed E-state index contributed by atoms with van der Waals surface area (Å²) >= 11 is 12.2. The molecule has 0 saturated heterocycles. The molecule has 7 nitrogen and oxygen atoms in total. The molecule has 9 heteroatoms. The van der Waals surface area contributed by atoms with Crippen molar-refractivity contribution in [1.29, 1.82) is 0 Å². The molecule has 2 aromatic carbocycles. The molecule has 3 rings (SSSR count). The fourth-order valence-electron chi connectivity index (χ4n) is 3.37. The van der Waals surface area contributed by atoms with E-state index in [9.17, 15) is 14.4 Å². The van der Waals surface area contributed by atoms with Crippen LogP contribution in [-0.2, 0) is 14.4 Å². The highest BCUT2D eigenvalue weighted by molar-refractivity contribution is 6.39. The molecule has 1 heterocycles. The number of benzene rings is 2. The van der Waals surface area contributed by atoms with E-state index in [0.717, 1.165) is 0 Å². The third-order valence-corrected chi connectivity index (χ3v) is 5.30.